The van der Waals surface area contributed by atoms with E-state index in [0.717, 1.165) is 30.8 Å². The van der Waals surface area contributed by atoms with Crippen LogP contribution in [0.25, 0.3) is 0 Å². The molecule has 1 aromatic rings. The normalized spacial score (nSPS) is 46.6. The van der Waals surface area contributed by atoms with Crippen LogP contribution in [-0.2, 0) is 14.2 Å². The van der Waals surface area contributed by atoms with Crippen molar-refractivity contribution < 1.29 is 23.7 Å². The van der Waals surface area contributed by atoms with E-state index in [1.807, 2.05) is 6.07 Å². The maximum Gasteiger partial charge on any atom is 0.171 e. The standard InChI is InChI=1S/C19H22O5/c1-20-10-7-11-14(12(8-10)21-2)15-17-22-13-9-18(16(11)23-17)5-3-4-6-19(15,18)24-13/h7-8,13,15-17H,3-6,9H2,1-2H3/t13?,15-,16-,17+,18+,19+/m0/s1. The monoisotopic (exact) mass is 330 g/mol. The van der Waals surface area contributed by atoms with Gasteiger partial charge in [-0.1, -0.05) is 12.8 Å². The molecule has 128 valence electrons. The molecular formula is C19H22O5. The molecule has 4 fully saturated rings. The highest BCUT2D eigenvalue weighted by Gasteiger charge is 2.78. The summed E-state index contributed by atoms with van der Waals surface area (Å²) in [7, 11) is 3.43. The van der Waals surface area contributed by atoms with Crippen LogP contribution in [0, 0.1) is 5.41 Å². The van der Waals surface area contributed by atoms with Crippen molar-refractivity contribution in [3.8, 4) is 11.5 Å². The minimum absolute atomic E-state index is 0.0132. The van der Waals surface area contributed by atoms with Gasteiger partial charge in [-0.25, -0.2) is 0 Å². The van der Waals surface area contributed by atoms with E-state index < -0.39 is 0 Å². The van der Waals surface area contributed by atoms with Gasteiger partial charge < -0.3 is 23.7 Å². The van der Waals surface area contributed by atoms with Crippen LogP contribution < -0.4 is 9.47 Å². The molecule has 5 nitrogen and oxygen atoms in total. The summed E-state index contributed by atoms with van der Waals surface area (Å²) in [4.78, 5) is 0. The Morgan fingerprint density at radius 1 is 1.08 bits per heavy atom. The van der Waals surface area contributed by atoms with Gasteiger partial charge in [-0.15, -0.1) is 0 Å². The molecule has 0 radical (unpaired) electrons. The molecule has 1 aromatic carbocycles. The van der Waals surface area contributed by atoms with Crippen LogP contribution in [0.15, 0.2) is 12.1 Å². The molecule has 0 N–H and O–H groups in total. The topological polar surface area (TPSA) is 46.2 Å². The number of benzene rings is 1. The van der Waals surface area contributed by atoms with Crippen LogP contribution in [0.4, 0.5) is 0 Å². The van der Waals surface area contributed by atoms with Crippen molar-refractivity contribution in [2.24, 2.45) is 5.41 Å². The first kappa shape index (κ1) is 13.9. The molecule has 1 spiro atoms. The van der Waals surface area contributed by atoms with Gasteiger partial charge in [0.25, 0.3) is 0 Å². The average Bonchev–Trinajstić information content (AvgIpc) is 2.84. The predicted octanol–water partition coefficient (Wildman–Crippen LogP) is 3.27. The van der Waals surface area contributed by atoms with Gasteiger partial charge in [-0.2, -0.15) is 0 Å². The fourth-order valence-electron chi connectivity index (χ4n) is 6.41. The second kappa shape index (κ2) is 4.26. The summed E-state index contributed by atoms with van der Waals surface area (Å²) in [5.41, 5.74) is 2.34. The molecule has 2 aliphatic carbocycles. The van der Waals surface area contributed by atoms with E-state index in [2.05, 4.69) is 6.07 Å². The largest absolute Gasteiger partial charge is 0.497 e. The lowest BCUT2D eigenvalue weighted by Gasteiger charge is -2.64. The summed E-state index contributed by atoms with van der Waals surface area (Å²) in [6.45, 7) is 0. The van der Waals surface area contributed by atoms with Crippen molar-refractivity contribution in [2.45, 2.75) is 62.3 Å². The SMILES string of the molecule is COc1cc(OC)c2c(c1)[C@@H]1O[C@H]3OC4C[C@]15CCCC[C@@]5(O4)[C@@H]23. The van der Waals surface area contributed by atoms with Crippen LogP contribution in [0.3, 0.4) is 0 Å². The number of methoxy groups -OCH3 is 2. The lowest BCUT2D eigenvalue weighted by molar-refractivity contribution is -0.386. The molecule has 5 bridgehead atoms. The van der Waals surface area contributed by atoms with Gasteiger partial charge in [0.15, 0.2) is 12.6 Å². The first-order valence-electron chi connectivity index (χ1n) is 8.97. The highest BCUT2D eigenvalue weighted by molar-refractivity contribution is 5.56. The first-order chi connectivity index (χ1) is 11.7. The van der Waals surface area contributed by atoms with E-state index in [0.29, 0.717) is 0 Å². The Bertz CT molecular complexity index is 733. The van der Waals surface area contributed by atoms with Crippen molar-refractivity contribution >= 4 is 0 Å². The van der Waals surface area contributed by atoms with Crippen molar-refractivity contribution in [3.63, 3.8) is 0 Å². The number of ether oxygens (including phenoxy) is 5. The number of fused-ring (bicyclic) bond motifs is 1. The first-order valence-corrected chi connectivity index (χ1v) is 8.97. The zero-order valence-electron chi connectivity index (χ0n) is 14.0. The minimum atomic E-state index is -0.211. The highest BCUT2D eigenvalue weighted by atomic mass is 16.8. The zero-order valence-corrected chi connectivity index (χ0v) is 14.0. The number of hydrogen-bond acceptors (Lipinski definition) is 5. The summed E-state index contributed by atoms with van der Waals surface area (Å²) >= 11 is 0. The Hall–Kier alpha value is -1.30. The van der Waals surface area contributed by atoms with Gasteiger partial charge in [0.1, 0.15) is 11.5 Å². The zero-order chi connectivity index (χ0) is 16.1. The van der Waals surface area contributed by atoms with E-state index >= 15 is 0 Å². The van der Waals surface area contributed by atoms with Crippen molar-refractivity contribution in [2.75, 3.05) is 14.2 Å². The summed E-state index contributed by atoms with van der Waals surface area (Å²) in [6, 6.07) is 4.11. The van der Waals surface area contributed by atoms with E-state index in [9.17, 15) is 0 Å². The Morgan fingerprint density at radius 2 is 1.96 bits per heavy atom. The molecule has 7 rings (SSSR count). The van der Waals surface area contributed by atoms with E-state index in [-0.39, 0.29) is 35.6 Å². The molecule has 6 atom stereocenters. The lowest BCUT2D eigenvalue weighted by Crippen LogP contribution is -2.66. The van der Waals surface area contributed by atoms with Crippen LogP contribution in [-0.4, -0.2) is 32.4 Å². The molecule has 5 heteroatoms. The van der Waals surface area contributed by atoms with E-state index in [1.54, 1.807) is 14.2 Å². The van der Waals surface area contributed by atoms with E-state index in [4.69, 9.17) is 23.7 Å². The molecule has 3 saturated heterocycles. The van der Waals surface area contributed by atoms with Crippen LogP contribution >= 0.6 is 0 Å². The van der Waals surface area contributed by atoms with E-state index in [1.165, 1.54) is 24.0 Å². The molecule has 24 heavy (non-hydrogen) atoms. The summed E-state index contributed by atoms with van der Waals surface area (Å²) in [5.74, 6) is 1.79. The summed E-state index contributed by atoms with van der Waals surface area (Å²) in [6.07, 6.45) is 5.35. The third-order valence-corrected chi connectivity index (χ3v) is 7.17. The van der Waals surface area contributed by atoms with Gasteiger partial charge in [0.05, 0.1) is 31.8 Å². The summed E-state index contributed by atoms with van der Waals surface area (Å²) < 4.78 is 30.5. The van der Waals surface area contributed by atoms with Gasteiger partial charge in [-0.05, 0) is 24.5 Å². The Balaban J connectivity index is 1.67. The maximum absolute atomic E-state index is 6.57. The Morgan fingerprint density at radius 3 is 2.79 bits per heavy atom. The van der Waals surface area contributed by atoms with Crippen molar-refractivity contribution in [1.29, 1.82) is 0 Å². The number of hydrogen-bond donors (Lipinski definition) is 0. The van der Waals surface area contributed by atoms with Gasteiger partial charge in [0.2, 0.25) is 0 Å². The Labute approximate surface area is 141 Å². The third-order valence-electron chi connectivity index (χ3n) is 7.17. The van der Waals surface area contributed by atoms with Crippen molar-refractivity contribution in [3.05, 3.63) is 23.3 Å². The van der Waals surface area contributed by atoms with Crippen LogP contribution in [0.1, 0.15) is 55.3 Å². The highest BCUT2D eigenvalue weighted by Crippen LogP contribution is 2.76. The van der Waals surface area contributed by atoms with Gasteiger partial charge in [-0.3, -0.25) is 0 Å². The molecule has 1 unspecified atom stereocenters. The second-order valence-corrected chi connectivity index (χ2v) is 7.84. The summed E-state index contributed by atoms with van der Waals surface area (Å²) in [5, 5.41) is 0. The molecule has 4 aliphatic heterocycles. The molecule has 0 amide bonds. The van der Waals surface area contributed by atoms with Crippen molar-refractivity contribution in [1.82, 2.24) is 0 Å². The van der Waals surface area contributed by atoms with Crippen LogP contribution in [0.2, 0.25) is 0 Å². The second-order valence-electron chi connectivity index (χ2n) is 7.84. The maximum atomic E-state index is 6.57. The molecule has 4 heterocycles. The third kappa shape index (κ3) is 1.30. The molecule has 0 aromatic heterocycles. The molecule has 6 aliphatic rings. The van der Waals surface area contributed by atoms with Crippen LogP contribution in [0.5, 0.6) is 11.5 Å². The smallest absolute Gasteiger partial charge is 0.171 e. The fourth-order valence-corrected chi connectivity index (χ4v) is 6.41. The minimum Gasteiger partial charge on any atom is -0.497 e. The molecular weight excluding hydrogens is 308 g/mol. The number of rotatable bonds is 2. The quantitative estimate of drug-likeness (QED) is 0.833. The molecule has 1 saturated carbocycles. The van der Waals surface area contributed by atoms with Gasteiger partial charge in [0, 0.05) is 23.5 Å². The predicted molar refractivity (Wildman–Crippen MR) is 84.1 cm³/mol. The van der Waals surface area contributed by atoms with Gasteiger partial charge >= 0.3 is 0 Å². The Kier molecular flexibility index (Phi) is 2.47. The lowest BCUT2D eigenvalue weighted by atomic mass is 9.49. The fraction of sp³-hybridized carbons (Fsp3) is 0.684. The average molecular weight is 330 g/mol.